The highest BCUT2D eigenvalue weighted by Crippen LogP contribution is 2.32. The van der Waals surface area contributed by atoms with E-state index >= 15 is 0 Å². The van der Waals surface area contributed by atoms with E-state index < -0.39 is 5.54 Å². The lowest BCUT2D eigenvalue weighted by atomic mass is 9.90. The van der Waals surface area contributed by atoms with E-state index in [-0.39, 0.29) is 18.5 Å². The Hall–Kier alpha value is -2.86. The molecular formula is C22H19BrN2O3. The van der Waals surface area contributed by atoms with Crippen LogP contribution >= 0.6 is 15.9 Å². The van der Waals surface area contributed by atoms with Gasteiger partial charge < -0.3 is 10.1 Å². The molecule has 1 aliphatic rings. The van der Waals surface area contributed by atoms with Crippen LogP contribution in [0.25, 0.3) is 10.8 Å². The largest absolute Gasteiger partial charge is 0.497 e. The van der Waals surface area contributed by atoms with Crippen molar-refractivity contribution < 1.29 is 14.3 Å². The van der Waals surface area contributed by atoms with Crippen molar-refractivity contribution in [1.29, 1.82) is 0 Å². The van der Waals surface area contributed by atoms with Crippen molar-refractivity contribution in [2.45, 2.75) is 19.0 Å². The van der Waals surface area contributed by atoms with Crippen LogP contribution in [0.4, 0.5) is 4.79 Å². The van der Waals surface area contributed by atoms with E-state index in [1.165, 1.54) is 4.90 Å². The van der Waals surface area contributed by atoms with E-state index in [1.807, 2.05) is 60.7 Å². The molecule has 142 valence electrons. The van der Waals surface area contributed by atoms with Gasteiger partial charge in [0.05, 0.1) is 13.7 Å². The number of urea groups is 1. The molecule has 28 heavy (non-hydrogen) atoms. The lowest BCUT2D eigenvalue weighted by Crippen LogP contribution is -2.40. The van der Waals surface area contributed by atoms with Crippen molar-refractivity contribution in [3.63, 3.8) is 0 Å². The number of nitrogens with one attached hydrogen (secondary N) is 1. The number of hydrogen-bond donors (Lipinski definition) is 1. The molecule has 0 bridgehead atoms. The standard InChI is InChI=1S/C22H19BrN2O3/c1-22(17-8-6-16-12-19(28-2)9-7-15(16)11-17)20(26)25(21(27)24-22)13-14-4-3-5-18(23)10-14/h3-12H,13H2,1-2H3,(H,24,27). The fourth-order valence-corrected chi connectivity index (χ4v) is 3.96. The van der Waals surface area contributed by atoms with Crippen molar-refractivity contribution in [3.05, 3.63) is 76.3 Å². The predicted octanol–water partition coefficient (Wildman–Crippen LogP) is 4.58. The Morgan fingerprint density at radius 2 is 1.79 bits per heavy atom. The van der Waals surface area contributed by atoms with Gasteiger partial charge in [0.25, 0.3) is 5.91 Å². The Kier molecular flexibility index (Phi) is 4.59. The number of hydrogen-bond acceptors (Lipinski definition) is 3. The SMILES string of the molecule is COc1ccc2cc(C3(C)NC(=O)N(Cc4cccc(Br)c4)C3=O)ccc2c1. The number of carbonyl (C=O) groups excluding carboxylic acids is 2. The first-order valence-electron chi connectivity index (χ1n) is 8.87. The van der Waals surface area contributed by atoms with Crippen LogP contribution in [0.1, 0.15) is 18.1 Å². The lowest BCUT2D eigenvalue weighted by Gasteiger charge is -2.23. The highest BCUT2D eigenvalue weighted by Gasteiger charge is 2.48. The number of fused-ring (bicyclic) bond motifs is 1. The van der Waals surface area contributed by atoms with Gasteiger partial charge in [0.15, 0.2) is 0 Å². The number of nitrogens with zero attached hydrogens (tertiary/aromatic N) is 1. The summed E-state index contributed by atoms with van der Waals surface area (Å²) in [6.07, 6.45) is 0. The monoisotopic (exact) mass is 438 g/mol. The second-order valence-electron chi connectivity index (χ2n) is 7.00. The lowest BCUT2D eigenvalue weighted by molar-refractivity contribution is -0.131. The van der Waals surface area contributed by atoms with E-state index in [9.17, 15) is 9.59 Å². The maximum atomic E-state index is 13.2. The van der Waals surface area contributed by atoms with Gasteiger partial charge in [-0.2, -0.15) is 0 Å². The molecule has 3 aromatic carbocycles. The van der Waals surface area contributed by atoms with Gasteiger partial charge in [0.2, 0.25) is 0 Å². The van der Waals surface area contributed by atoms with Crippen LogP contribution in [0.15, 0.2) is 65.1 Å². The van der Waals surface area contributed by atoms with Crippen LogP contribution in [0.3, 0.4) is 0 Å². The van der Waals surface area contributed by atoms with Crippen LogP contribution in [0.2, 0.25) is 0 Å². The zero-order valence-corrected chi connectivity index (χ0v) is 17.1. The summed E-state index contributed by atoms with van der Waals surface area (Å²) in [7, 11) is 1.63. The second-order valence-corrected chi connectivity index (χ2v) is 7.92. The Labute approximate surface area is 171 Å². The molecular weight excluding hydrogens is 420 g/mol. The van der Waals surface area contributed by atoms with E-state index in [0.717, 1.165) is 32.1 Å². The number of benzene rings is 3. The van der Waals surface area contributed by atoms with Gasteiger partial charge in [-0.25, -0.2) is 4.79 Å². The first-order valence-corrected chi connectivity index (χ1v) is 9.67. The Bertz CT molecular complexity index is 1100. The van der Waals surface area contributed by atoms with Gasteiger partial charge in [-0.15, -0.1) is 0 Å². The molecule has 1 heterocycles. The van der Waals surface area contributed by atoms with E-state index in [2.05, 4.69) is 21.2 Å². The number of carbonyl (C=O) groups is 2. The predicted molar refractivity (Wildman–Crippen MR) is 111 cm³/mol. The van der Waals surface area contributed by atoms with E-state index in [4.69, 9.17) is 4.74 Å². The van der Waals surface area contributed by atoms with Gasteiger partial charge in [0, 0.05) is 4.47 Å². The number of rotatable bonds is 4. The minimum absolute atomic E-state index is 0.227. The molecule has 1 atom stereocenters. The fraction of sp³-hybridized carbons (Fsp3) is 0.182. The Balaban J connectivity index is 1.66. The van der Waals surface area contributed by atoms with Crippen LogP contribution in [0.5, 0.6) is 5.75 Å². The minimum atomic E-state index is -1.10. The van der Waals surface area contributed by atoms with Crippen LogP contribution in [-0.2, 0) is 16.9 Å². The van der Waals surface area contributed by atoms with Crippen molar-refractivity contribution in [2.75, 3.05) is 7.11 Å². The molecule has 1 N–H and O–H groups in total. The zero-order valence-electron chi connectivity index (χ0n) is 15.5. The normalized spacial score (nSPS) is 19.2. The summed E-state index contributed by atoms with van der Waals surface area (Å²) in [6.45, 7) is 1.98. The third kappa shape index (κ3) is 3.14. The number of amides is 3. The molecule has 3 amide bonds. The number of imide groups is 1. The molecule has 4 rings (SSSR count). The minimum Gasteiger partial charge on any atom is -0.497 e. The molecule has 6 heteroatoms. The Morgan fingerprint density at radius 3 is 2.54 bits per heavy atom. The Morgan fingerprint density at radius 1 is 1.04 bits per heavy atom. The summed E-state index contributed by atoms with van der Waals surface area (Å²) in [5, 5.41) is 4.86. The molecule has 0 radical (unpaired) electrons. The van der Waals surface area contributed by atoms with Gasteiger partial charge in [-0.05, 0) is 59.2 Å². The van der Waals surface area contributed by atoms with Crippen molar-refractivity contribution in [3.8, 4) is 5.75 Å². The zero-order chi connectivity index (χ0) is 19.9. The van der Waals surface area contributed by atoms with Gasteiger partial charge >= 0.3 is 6.03 Å². The average Bonchev–Trinajstić information content (AvgIpc) is 2.91. The topological polar surface area (TPSA) is 58.6 Å². The number of halogens is 1. The fourth-order valence-electron chi connectivity index (χ4n) is 3.52. The maximum absolute atomic E-state index is 13.2. The molecule has 0 saturated carbocycles. The van der Waals surface area contributed by atoms with Crippen LogP contribution in [-0.4, -0.2) is 23.9 Å². The molecule has 0 aromatic heterocycles. The van der Waals surface area contributed by atoms with Gasteiger partial charge in [0.1, 0.15) is 11.3 Å². The summed E-state index contributed by atoms with van der Waals surface area (Å²) in [5.41, 5.74) is 0.532. The number of methoxy groups -OCH3 is 1. The number of ether oxygens (including phenoxy) is 1. The molecule has 1 aliphatic heterocycles. The van der Waals surface area contributed by atoms with Crippen molar-refractivity contribution >= 4 is 38.6 Å². The van der Waals surface area contributed by atoms with Crippen molar-refractivity contribution in [2.24, 2.45) is 0 Å². The molecule has 0 aliphatic carbocycles. The van der Waals surface area contributed by atoms with Gasteiger partial charge in [-0.1, -0.05) is 46.3 Å². The molecule has 1 saturated heterocycles. The summed E-state index contributed by atoms with van der Waals surface area (Å²) >= 11 is 3.42. The molecule has 5 nitrogen and oxygen atoms in total. The second kappa shape index (κ2) is 6.95. The smallest absolute Gasteiger partial charge is 0.325 e. The van der Waals surface area contributed by atoms with E-state index in [0.29, 0.717) is 0 Å². The van der Waals surface area contributed by atoms with Gasteiger partial charge in [-0.3, -0.25) is 9.69 Å². The third-order valence-corrected chi connectivity index (χ3v) is 5.62. The molecule has 0 spiro atoms. The van der Waals surface area contributed by atoms with Crippen LogP contribution < -0.4 is 10.1 Å². The third-order valence-electron chi connectivity index (χ3n) is 5.13. The van der Waals surface area contributed by atoms with E-state index in [1.54, 1.807) is 14.0 Å². The summed E-state index contributed by atoms with van der Waals surface area (Å²) in [4.78, 5) is 27.0. The highest BCUT2D eigenvalue weighted by atomic mass is 79.9. The first kappa shape index (κ1) is 18.5. The summed E-state index contributed by atoms with van der Waals surface area (Å²) in [5.74, 6) is 0.516. The molecule has 1 unspecified atom stereocenters. The van der Waals surface area contributed by atoms with Crippen molar-refractivity contribution in [1.82, 2.24) is 10.2 Å². The maximum Gasteiger partial charge on any atom is 0.325 e. The molecule has 1 fully saturated rings. The van der Waals surface area contributed by atoms with Crippen LogP contribution in [0, 0.1) is 0 Å². The quantitative estimate of drug-likeness (QED) is 0.606. The average molecular weight is 439 g/mol. The first-order chi connectivity index (χ1) is 13.4. The summed E-state index contributed by atoms with van der Waals surface area (Å²) in [6, 6.07) is 18.7. The molecule has 3 aromatic rings. The highest BCUT2D eigenvalue weighted by molar-refractivity contribution is 9.10. The summed E-state index contributed by atoms with van der Waals surface area (Å²) < 4.78 is 6.17.